The normalized spacial score (nSPS) is 10.6. The molecule has 0 atom stereocenters. The van der Waals surface area contributed by atoms with E-state index >= 15 is 0 Å². The van der Waals surface area contributed by atoms with Crippen molar-refractivity contribution in [3.63, 3.8) is 0 Å². The molecule has 0 unspecified atom stereocenters. The van der Waals surface area contributed by atoms with Gasteiger partial charge in [0.2, 0.25) is 0 Å². The summed E-state index contributed by atoms with van der Waals surface area (Å²) in [6.07, 6.45) is 0. The number of ketones is 1. The van der Waals surface area contributed by atoms with Crippen molar-refractivity contribution in [2.24, 2.45) is 0 Å². The molecule has 0 fully saturated rings. The number of aromatic hydroxyl groups is 1. The van der Waals surface area contributed by atoms with Crippen molar-refractivity contribution in [1.29, 1.82) is 0 Å². The summed E-state index contributed by atoms with van der Waals surface area (Å²) in [7, 11) is 0. The Kier molecular flexibility index (Phi) is 2.84. The Labute approximate surface area is 113 Å². The summed E-state index contributed by atoms with van der Waals surface area (Å²) in [6, 6.07) is 14.4. The average molecular weight is 266 g/mol. The van der Waals surface area contributed by atoms with Gasteiger partial charge < -0.3 is 9.52 Å². The predicted octanol–water partition coefficient (Wildman–Crippen LogP) is 2.73. The van der Waals surface area contributed by atoms with Gasteiger partial charge in [-0.3, -0.25) is 4.79 Å². The van der Waals surface area contributed by atoms with Crippen LogP contribution in [0, 0.1) is 0 Å². The van der Waals surface area contributed by atoms with Gasteiger partial charge in [0.05, 0.1) is 11.5 Å². The summed E-state index contributed by atoms with van der Waals surface area (Å²) in [5.41, 5.74) is 0.344. The number of hydrogen-bond donors (Lipinski definition) is 1. The first-order valence-corrected chi connectivity index (χ1v) is 6.02. The molecule has 4 nitrogen and oxygen atoms in total. The number of hydrogen-bond acceptors (Lipinski definition) is 4. The highest BCUT2D eigenvalue weighted by Crippen LogP contribution is 2.27. The zero-order valence-corrected chi connectivity index (χ0v) is 10.4. The van der Waals surface area contributed by atoms with E-state index in [0.717, 1.165) is 6.07 Å². The highest BCUT2D eigenvalue weighted by molar-refractivity contribution is 6.16. The molecule has 0 aliphatic carbocycles. The second kappa shape index (κ2) is 4.66. The lowest BCUT2D eigenvalue weighted by Gasteiger charge is -2.06. The van der Waals surface area contributed by atoms with Crippen LogP contribution in [0.3, 0.4) is 0 Å². The molecule has 0 aliphatic rings. The highest BCUT2D eigenvalue weighted by Gasteiger charge is 2.16. The lowest BCUT2D eigenvalue weighted by atomic mass is 9.99. The van der Waals surface area contributed by atoms with E-state index in [1.807, 2.05) is 6.07 Å². The van der Waals surface area contributed by atoms with Gasteiger partial charge in [-0.25, -0.2) is 4.79 Å². The maximum Gasteiger partial charge on any atom is 0.339 e. The summed E-state index contributed by atoms with van der Waals surface area (Å²) in [5, 5.41) is 10.2. The number of fused-ring (bicyclic) bond motifs is 1. The van der Waals surface area contributed by atoms with E-state index < -0.39 is 5.63 Å². The Morgan fingerprint density at radius 1 is 1.00 bits per heavy atom. The minimum absolute atomic E-state index is 0.191. The van der Waals surface area contributed by atoms with Crippen LogP contribution in [0.15, 0.2) is 63.8 Å². The number of carbonyl (C=O) groups is 1. The molecule has 0 amide bonds. The van der Waals surface area contributed by atoms with Gasteiger partial charge in [0.25, 0.3) is 0 Å². The first kappa shape index (κ1) is 12.2. The molecular formula is C16H10O4. The molecule has 98 valence electrons. The van der Waals surface area contributed by atoms with E-state index in [1.54, 1.807) is 36.4 Å². The van der Waals surface area contributed by atoms with Gasteiger partial charge >= 0.3 is 5.63 Å². The summed E-state index contributed by atoms with van der Waals surface area (Å²) >= 11 is 0. The fourth-order valence-corrected chi connectivity index (χ4v) is 2.14. The number of rotatable bonds is 2. The minimum Gasteiger partial charge on any atom is -0.507 e. The fraction of sp³-hybridized carbons (Fsp3) is 0. The van der Waals surface area contributed by atoms with Crippen LogP contribution < -0.4 is 5.63 Å². The van der Waals surface area contributed by atoms with Crippen LogP contribution in [0.4, 0.5) is 0 Å². The Hall–Kier alpha value is -2.88. The molecule has 2 aromatic carbocycles. The van der Waals surface area contributed by atoms with Crippen molar-refractivity contribution in [3.05, 3.63) is 76.1 Å². The minimum atomic E-state index is -0.653. The molecule has 1 N–H and O–H groups in total. The molecule has 3 rings (SSSR count). The van der Waals surface area contributed by atoms with Gasteiger partial charge in [0, 0.05) is 11.1 Å². The monoisotopic (exact) mass is 266 g/mol. The third-order valence-electron chi connectivity index (χ3n) is 3.03. The quantitative estimate of drug-likeness (QED) is 0.572. The second-order valence-electron chi connectivity index (χ2n) is 4.32. The lowest BCUT2D eigenvalue weighted by molar-refractivity contribution is 0.104. The van der Waals surface area contributed by atoms with Crippen LogP contribution in [-0.4, -0.2) is 10.9 Å². The maximum atomic E-state index is 12.5. The van der Waals surface area contributed by atoms with E-state index in [0.29, 0.717) is 11.1 Å². The standard InChI is InChI=1S/C16H10O4/c17-12-9-14(18)20-13-8-4-7-11(15(12)13)16(19)10-5-2-1-3-6-10/h1-9,17H. The Morgan fingerprint density at radius 3 is 2.50 bits per heavy atom. The Bertz CT molecular complexity index is 847. The van der Waals surface area contributed by atoms with Gasteiger partial charge in [-0.15, -0.1) is 0 Å². The summed E-state index contributed by atoms with van der Waals surface area (Å²) in [6.45, 7) is 0. The molecule has 0 radical (unpaired) electrons. The van der Waals surface area contributed by atoms with Crippen LogP contribution in [0.2, 0.25) is 0 Å². The molecule has 20 heavy (non-hydrogen) atoms. The van der Waals surface area contributed by atoms with Gasteiger partial charge in [-0.05, 0) is 6.07 Å². The molecule has 0 saturated carbocycles. The van der Waals surface area contributed by atoms with E-state index in [1.165, 1.54) is 6.07 Å². The third kappa shape index (κ3) is 1.97. The van der Waals surface area contributed by atoms with Crippen molar-refractivity contribution in [1.82, 2.24) is 0 Å². The Balaban J connectivity index is 2.27. The highest BCUT2D eigenvalue weighted by atomic mass is 16.4. The third-order valence-corrected chi connectivity index (χ3v) is 3.03. The molecule has 0 spiro atoms. The van der Waals surface area contributed by atoms with E-state index in [-0.39, 0.29) is 22.5 Å². The van der Waals surface area contributed by atoms with Gasteiger partial charge in [0.15, 0.2) is 5.78 Å². The zero-order chi connectivity index (χ0) is 14.1. The van der Waals surface area contributed by atoms with Crippen molar-refractivity contribution >= 4 is 16.8 Å². The fourth-order valence-electron chi connectivity index (χ4n) is 2.14. The van der Waals surface area contributed by atoms with Gasteiger partial charge in [-0.1, -0.05) is 42.5 Å². The second-order valence-corrected chi connectivity index (χ2v) is 4.32. The zero-order valence-electron chi connectivity index (χ0n) is 10.4. The van der Waals surface area contributed by atoms with Crippen molar-refractivity contribution in [2.75, 3.05) is 0 Å². The van der Waals surface area contributed by atoms with Gasteiger partial charge in [-0.2, -0.15) is 0 Å². The maximum absolute atomic E-state index is 12.5. The lowest BCUT2D eigenvalue weighted by Crippen LogP contribution is -2.04. The predicted molar refractivity (Wildman–Crippen MR) is 74.0 cm³/mol. The van der Waals surface area contributed by atoms with Gasteiger partial charge in [0.1, 0.15) is 11.3 Å². The first-order valence-electron chi connectivity index (χ1n) is 6.02. The van der Waals surface area contributed by atoms with Crippen LogP contribution in [0.1, 0.15) is 15.9 Å². The molecule has 0 saturated heterocycles. The number of benzene rings is 2. The molecule has 1 heterocycles. The molecule has 1 aromatic heterocycles. The first-order chi connectivity index (χ1) is 9.66. The van der Waals surface area contributed by atoms with E-state index in [4.69, 9.17) is 4.42 Å². The molecule has 0 aliphatic heterocycles. The SMILES string of the molecule is O=C(c1ccccc1)c1cccc2oc(=O)cc(O)c12. The summed E-state index contributed by atoms with van der Waals surface area (Å²) in [4.78, 5) is 23.7. The molecule has 4 heteroatoms. The number of carbonyl (C=O) groups excluding carboxylic acids is 1. The van der Waals surface area contributed by atoms with Crippen LogP contribution in [0.25, 0.3) is 11.0 Å². The molecular weight excluding hydrogens is 256 g/mol. The summed E-state index contributed by atoms with van der Waals surface area (Å²) in [5.74, 6) is -0.489. The van der Waals surface area contributed by atoms with Crippen LogP contribution in [-0.2, 0) is 0 Å². The van der Waals surface area contributed by atoms with Crippen LogP contribution in [0.5, 0.6) is 5.75 Å². The molecule has 3 aromatic rings. The summed E-state index contributed by atoms with van der Waals surface area (Å²) < 4.78 is 5.00. The van der Waals surface area contributed by atoms with Crippen LogP contribution >= 0.6 is 0 Å². The van der Waals surface area contributed by atoms with E-state index in [2.05, 4.69) is 0 Å². The topological polar surface area (TPSA) is 67.5 Å². The van der Waals surface area contributed by atoms with Crippen molar-refractivity contribution in [2.45, 2.75) is 0 Å². The Morgan fingerprint density at radius 2 is 1.75 bits per heavy atom. The largest absolute Gasteiger partial charge is 0.507 e. The van der Waals surface area contributed by atoms with Crippen molar-refractivity contribution < 1.29 is 14.3 Å². The van der Waals surface area contributed by atoms with E-state index in [9.17, 15) is 14.7 Å². The average Bonchev–Trinajstić information content (AvgIpc) is 2.46. The van der Waals surface area contributed by atoms with Crippen molar-refractivity contribution in [3.8, 4) is 5.75 Å². The smallest absolute Gasteiger partial charge is 0.339 e. The molecule has 0 bridgehead atoms.